The fourth-order valence-electron chi connectivity index (χ4n) is 1.16. The number of pyridine rings is 1. The highest BCUT2D eigenvalue weighted by Crippen LogP contribution is 2.19. The van der Waals surface area contributed by atoms with Crippen LogP contribution in [0, 0.1) is 6.92 Å². The molecular formula is C8H8BNS. The average Bonchev–Trinajstić information content (AvgIpc) is 2.30. The van der Waals surface area contributed by atoms with Gasteiger partial charge in [0.25, 0.3) is 0 Å². The molecule has 2 rings (SSSR count). The van der Waals surface area contributed by atoms with Crippen LogP contribution < -0.4 is 5.46 Å². The third kappa shape index (κ3) is 0.961. The zero-order chi connectivity index (χ0) is 7.84. The van der Waals surface area contributed by atoms with Gasteiger partial charge in [0, 0.05) is 6.20 Å². The third-order valence-electron chi connectivity index (χ3n) is 1.92. The topological polar surface area (TPSA) is 12.9 Å². The normalized spacial score (nSPS) is 10.6. The predicted molar refractivity (Wildman–Crippen MR) is 52.5 cm³/mol. The molecule has 0 fully saturated rings. The minimum absolute atomic E-state index is 1.16. The van der Waals surface area contributed by atoms with Gasteiger partial charge in [0.05, 0.1) is 10.2 Å². The van der Waals surface area contributed by atoms with Crippen molar-refractivity contribution in [2.75, 3.05) is 0 Å². The Bertz CT molecular complexity index is 394. The molecular weight excluding hydrogens is 153 g/mol. The summed E-state index contributed by atoms with van der Waals surface area (Å²) in [5, 5.41) is 0. The number of aryl methyl sites for hydroxylation is 1. The van der Waals surface area contributed by atoms with Gasteiger partial charge in [0.15, 0.2) is 0 Å². The highest BCUT2D eigenvalue weighted by atomic mass is 32.1. The SMILES string of the molecule is Bc1c(C)sc2cccnc12. The summed E-state index contributed by atoms with van der Waals surface area (Å²) >= 11 is 1.82. The van der Waals surface area contributed by atoms with E-state index in [2.05, 4.69) is 25.8 Å². The van der Waals surface area contributed by atoms with Crippen molar-refractivity contribution in [2.45, 2.75) is 6.92 Å². The first-order valence-corrected chi connectivity index (χ1v) is 4.41. The molecule has 0 saturated carbocycles. The summed E-state index contributed by atoms with van der Waals surface area (Å²) in [6, 6.07) is 4.10. The maximum Gasteiger partial charge on any atom is 0.143 e. The lowest BCUT2D eigenvalue weighted by Gasteiger charge is -1.87. The summed E-state index contributed by atoms with van der Waals surface area (Å²) in [5.41, 5.74) is 2.49. The second-order valence-electron chi connectivity index (χ2n) is 2.63. The Balaban J connectivity index is 2.92. The van der Waals surface area contributed by atoms with Gasteiger partial charge in [-0.3, -0.25) is 4.98 Å². The highest BCUT2D eigenvalue weighted by Gasteiger charge is 2.03. The maximum absolute atomic E-state index is 4.31. The number of fused-ring (bicyclic) bond motifs is 1. The van der Waals surface area contributed by atoms with Crippen LogP contribution in [0.3, 0.4) is 0 Å². The van der Waals surface area contributed by atoms with Crippen molar-refractivity contribution in [1.29, 1.82) is 0 Å². The van der Waals surface area contributed by atoms with Crippen molar-refractivity contribution in [3.05, 3.63) is 23.2 Å². The second-order valence-corrected chi connectivity index (χ2v) is 3.89. The predicted octanol–water partition coefficient (Wildman–Crippen LogP) is 0.863. The number of rotatable bonds is 0. The second kappa shape index (κ2) is 2.34. The average molecular weight is 161 g/mol. The first-order valence-electron chi connectivity index (χ1n) is 3.60. The van der Waals surface area contributed by atoms with E-state index < -0.39 is 0 Å². The number of aromatic nitrogens is 1. The standard InChI is InChI=1S/C8H8BNS/c1-5-7(9)8-6(11-5)3-2-4-10-8/h2-4H,9H2,1H3. The van der Waals surface area contributed by atoms with Crippen LogP contribution in [-0.4, -0.2) is 12.8 Å². The molecule has 0 saturated heterocycles. The van der Waals surface area contributed by atoms with Crippen molar-refractivity contribution in [1.82, 2.24) is 4.98 Å². The Morgan fingerprint density at radius 2 is 2.36 bits per heavy atom. The van der Waals surface area contributed by atoms with Gasteiger partial charge < -0.3 is 0 Å². The summed E-state index contributed by atoms with van der Waals surface area (Å²) in [6.07, 6.45) is 1.85. The number of nitrogens with zero attached hydrogens (tertiary/aromatic N) is 1. The van der Waals surface area contributed by atoms with E-state index in [1.54, 1.807) is 0 Å². The van der Waals surface area contributed by atoms with E-state index >= 15 is 0 Å². The molecule has 2 aromatic heterocycles. The minimum atomic E-state index is 1.16. The number of hydrogen-bond donors (Lipinski definition) is 0. The van der Waals surface area contributed by atoms with Crippen LogP contribution in [0.4, 0.5) is 0 Å². The largest absolute Gasteiger partial charge is 0.256 e. The summed E-state index contributed by atoms with van der Waals surface area (Å²) in [6.45, 7) is 2.14. The Hall–Kier alpha value is -0.825. The molecule has 0 spiro atoms. The highest BCUT2D eigenvalue weighted by molar-refractivity contribution is 7.20. The lowest BCUT2D eigenvalue weighted by Crippen LogP contribution is -2.03. The molecule has 0 unspecified atom stereocenters. The quantitative estimate of drug-likeness (QED) is 0.522. The van der Waals surface area contributed by atoms with E-state index in [1.165, 1.54) is 15.0 Å². The first kappa shape index (κ1) is 6.86. The molecule has 0 aliphatic heterocycles. The van der Waals surface area contributed by atoms with Crippen molar-refractivity contribution < 1.29 is 0 Å². The zero-order valence-electron chi connectivity index (χ0n) is 6.59. The van der Waals surface area contributed by atoms with E-state index in [-0.39, 0.29) is 0 Å². The van der Waals surface area contributed by atoms with Crippen molar-refractivity contribution in [3.63, 3.8) is 0 Å². The van der Waals surface area contributed by atoms with Crippen LogP contribution >= 0.6 is 11.3 Å². The van der Waals surface area contributed by atoms with E-state index in [4.69, 9.17) is 0 Å². The van der Waals surface area contributed by atoms with Gasteiger partial charge in [-0.15, -0.1) is 11.3 Å². The summed E-state index contributed by atoms with van der Waals surface area (Å²) in [5.74, 6) is 0. The maximum atomic E-state index is 4.31. The molecule has 0 aliphatic carbocycles. The van der Waals surface area contributed by atoms with Crippen LogP contribution in [0.2, 0.25) is 0 Å². The molecule has 11 heavy (non-hydrogen) atoms. The molecule has 2 aromatic rings. The van der Waals surface area contributed by atoms with Gasteiger partial charge in [0.2, 0.25) is 0 Å². The monoisotopic (exact) mass is 161 g/mol. The zero-order valence-corrected chi connectivity index (χ0v) is 7.40. The molecule has 54 valence electrons. The fourth-order valence-corrected chi connectivity index (χ4v) is 2.19. The van der Waals surface area contributed by atoms with E-state index in [0.717, 1.165) is 5.52 Å². The van der Waals surface area contributed by atoms with Crippen LogP contribution in [0.1, 0.15) is 4.88 Å². The molecule has 0 radical (unpaired) electrons. The minimum Gasteiger partial charge on any atom is -0.256 e. The van der Waals surface area contributed by atoms with Crippen LogP contribution in [0.15, 0.2) is 18.3 Å². The van der Waals surface area contributed by atoms with Gasteiger partial charge >= 0.3 is 0 Å². The Kier molecular flexibility index (Phi) is 1.46. The van der Waals surface area contributed by atoms with Crippen molar-refractivity contribution >= 4 is 34.9 Å². The molecule has 3 heteroatoms. The number of thiophene rings is 1. The van der Waals surface area contributed by atoms with Crippen LogP contribution in [0.25, 0.3) is 10.2 Å². The summed E-state index contributed by atoms with van der Waals surface area (Å²) in [7, 11) is 2.13. The molecule has 0 aliphatic rings. The Morgan fingerprint density at radius 3 is 3.09 bits per heavy atom. The van der Waals surface area contributed by atoms with Crippen LogP contribution in [-0.2, 0) is 0 Å². The van der Waals surface area contributed by atoms with Gasteiger partial charge in [-0.1, -0.05) is 0 Å². The van der Waals surface area contributed by atoms with E-state index in [1.807, 2.05) is 23.6 Å². The molecule has 0 N–H and O–H groups in total. The van der Waals surface area contributed by atoms with Gasteiger partial charge in [-0.05, 0) is 29.4 Å². The van der Waals surface area contributed by atoms with E-state index in [9.17, 15) is 0 Å². The lowest BCUT2D eigenvalue weighted by atomic mass is 9.96. The first-order chi connectivity index (χ1) is 5.29. The smallest absolute Gasteiger partial charge is 0.143 e. The lowest BCUT2D eigenvalue weighted by molar-refractivity contribution is 1.43. The van der Waals surface area contributed by atoms with Gasteiger partial charge in [-0.25, -0.2) is 0 Å². The van der Waals surface area contributed by atoms with E-state index in [0.29, 0.717) is 0 Å². The molecule has 2 heterocycles. The molecule has 0 atom stereocenters. The Labute approximate surface area is 70.5 Å². The summed E-state index contributed by atoms with van der Waals surface area (Å²) in [4.78, 5) is 5.69. The van der Waals surface area contributed by atoms with Crippen molar-refractivity contribution in [2.24, 2.45) is 0 Å². The van der Waals surface area contributed by atoms with Gasteiger partial charge in [-0.2, -0.15) is 0 Å². The Morgan fingerprint density at radius 1 is 1.55 bits per heavy atom. The van der Waals surface area contributed by atoms with Crippen molar-refractivity contribution in [3.8, 4) is 0 Å². The number of hydrogen-bond acceptors (Lipinski definition) is 2. The summed E-state index contributed by atoms with van der Waals surface area (Å²) < 4.78 is 1.29. The van der Waals surface area contributed by atoms with Gasteiger partial charge in [0.1, 0.15) is 7.85 Å². The third-order valence-corrected chi connectivity index (χ3v) is 3.08. The molecule has 1 nitrogen and oxygen atoms in total. The molecule has 0 aromatic carbocycles. The van der Waals surface area contributed by atoms with Crippen LogP contribution in [0.5, 0.6) is 0 Å². The molecule has 0 amide bonds. The fraction of sp³-hybridized carbons (Fsp3) is 0.125. The molecule has 0 bridgehead atoms.